The first kappa shape index (κ1) is 17.3. The summed E-state index contributed by atoms with van der Waals surface area (Å²) < 4.78 is 5.11. The van der Waals surface area contributed by atoms with Crippen LogP contribution in [-0.2, 0) is 0 Å². The minimum Gasteiger partial charge on any atom is -0.508 e. The largest absolute Gasteiger partial charge is 0.508 e. The van der Waals surface area contributed by atoms with E-state index in [-0.39, 0.29) is 11.5 Å². The number of phenols is 2. The molecule has 26 heavy (non-hydrogen) atoms. The number of nitrogens with one attached hydrogen (secondary N) is 1. The van der Waals surface area contributed by atoms with Crippen molar-refractivity contribution in [2.24, 2.45) is 0 Å². The van der Waals surface area contributed by atoms with Crippen LogP contribution in [0.1, 0.15) is 12.5 Å². The van der Waals surface area contributed by atoms with Gasteiger partial charge in [0.1, 0.15) is 11.6 Å². The van der Waals surface area contributed by atoms with Gasteiger partial charge in [-0.3, -0.25) is 4.98 Å². The molecule has 2 aromatic carbocycles. The van der Waals surface area contributed by atoms with Gasteiger partial charge in [0.15, 0.2) is 11.5 Å². The van der Waals surface area contributed by atoms with Crippen LogP contribution in [0.4, 0.5) is 5.82 Å². The first-order valence-corrected chi connectivity index (χ1v) is 7.99. The third-order valence-corrected chi connectivity index (χ3v) is 3.89. The monoisotopic (exact) mass is 349 g/mol. The zero-order chi connectivity index (χ0) is 18.5. The molecule has 6 heteroatoms. The van der Waals surface area contributed by atoms with Crippen molar-refractivity contribution in [3.8, 4) is 28.5 Å². The molecule has 0 aliphatic heterocycles. The summed E-state index contributed by atoms with van der Waals surface area (Å²) in [5.74, 6) is 1.32. The van der Waals surface area contributed by atoms with Gasteiger partial charge in [0.05, 0.1) is 25.2 Å². The summed E-state index contributed by atoms with van der Waals surface area (Å²) in [6.07, 6.45) is 5.12. The summed E-state index contributed by atoms with van der Waals surface area (Å²) in [4.78, 5) is 8.74. The van der Waals surface area contributed by atoms with E-state index in [1.807, 2.05) is 25.3 Å². The summed E-state index contributed by atoms with van der Waals surface area (Å²) in [6, 6.07) is 12.0. The second kappa shape index (κ2) is 7.57. The molecular weight excluding hydrogens is 330 g/mol. The molecule has 0 bridgehead atoms. The number of aromatic nitrogens is 2. The van der Waals surface area contributed by atoms with E-state index in [4.69, 9.17) is 4.74 Å². The molecule has 3 rings (SSSR count). The number of benzene rings is 2. The number of allylic oxidation sites excluding steroid dienone is 1. The lowest BCUT2D eigenvalue weighted by Crippen LogP contribution is -1.95. The average Bonchev–Trinajstić information content (AvgIpc) is 2.67. The highest BCUT2D eigenvalue weighted by Crippen LogP contribution is 2.30. The summed E-state index contributed by atoms with van der Waals surface area (Å²) in [6.45, 7) is 1.96. The zero-order valence-corrected chi connectivity index (χ0v) is 14.5. The van der Waals surface area contributed by atoms with E-state index < -0.39 is 0 Å². The third kappa shape index (κ3) is 3.92. The molecule has 0 radical (unpaired) electrons. The quantitative estimate of drug-likeness (QED) is 0.644. The van der Waals surface area contributed by atoms with E-state index >= 15 is 0 Å². The predicted octanol–water partition coefficient (Wildman–Crippen LogP) is 4.04. The molecule has 0 saturated carbocycles. The standard InChI is InChI=1S/C20H19N3O3/c1-13(14-3-6-16(24)7-4-14)10-22-20-12-21-17(11-23-20)15-5-8-18(25)19(9-15)26-2/h3-12,24-25H,1-2H3,(H,22,23)/b13-10+. The molecule has 0 amide bonds. The second-order valence-corrected chi connectivity index (χ2v) is 5.69. The number of methoxy groups -OCH3 is 1. The van der Waals surface area contributed by atoms with E-state index in [0.717, 1.165) is 16.7 Å². The van der Waals surface area contributed by atoms with Gasteiger partial charge in [0, 0.05) is 11.8 Å². The fourth-order valence-electron chi connectivity index (χ4n) is 2.38. The number of hydrogen-bond donors (Lipinski definition) is 3. The normalized spacial score (nSPS) is 11.2. The fraction of sp³-hybridized carbons (Fsp3) is 0.100. The lowest BCUT2D eigenvalue weighted by atomic mass is 10.1. The number of rotatable bonds is 5. The lowest BCUT2D eigenvalue weighted by Gasteiger charge is -2.07. The Labute approximate surface area is 151 Å². The number of phenolic OH excluding ortho intramolecular Hbond substituents is 2. The van der Waals surface area contributed by atoms with Crippen LogP contribution in [0.25, 0.3) is 16.8 Å². The zero-order valence-electron chi connectivity index (χ0n) is 14.5. The van der Waals surface area contributed by atoms with Gasteiger partial charge >= 0.3 is 0 Å². The van der Waals surface area contributed by atoms with Gasteiger partial charge < -0.3 is 20.3 Å². The highest BCUT2D eigenvalue weighted by molar-refractivity contribution is 5.67. The van der Waals surface area contributed by atoms with Crippen molar-refractivity contribution in [3.63, 3.8) is 0 Å². The molecule has 1 heterocycles. The molecule has 0 aliphatic carbocycles. The van der Waals surface area contributed by atoms with E-state index in [1.54, 1.807) is 42.7 Å². The number of nitrogens with zero attached hydrogens (tertiary/aromatic N) is 2. The van der Waals surface area contributed by atoms with Crippen LogP contribution in [0.3, 0.4) is 0 Å². The Hall–Kier alpha value is -3.54. The van der Waals surface area contributed by atoms with Crippen molar-refractivity contribution in [1.29, 1.82) is 0 Å². The van der Waals surface area contributed by atoms with Gasteiger partial charge in [-0.2, -0.15) is 0 Å². The van der Waals surface area contributed by atoms with Crippen molar-refractivity contribution < 1.29 is 14.9 Å². The van der Waals surface area contributed by atoms with Crippen molar-refractivity contribution in [2.45, 2.75) is 6.92 Å². The predicted molar refractivity (Wildman–Crippen MR) is 101 cm³/mol. The summed E-state index contributed by atoms with van der Waals surface area (Å²) in [7, 11) is 1.50. The van der Waals surface area contributed by atoms with Crippen LogP contribution in [0.2, 0.25) is 0 Å². The van der Waals surface area contributed by atoms with Gasteiger partial charge in [0.25, 0.3) is 0 Å². The lowest BCUT2D eigenvalue weighted by molar-refractivity contribution is 0.373. The number of aromatic hydroxyl groups is 2. The summed E-state index contributed by atoms with van der Waals surface area (Å²) in [5.41, 5.74) is 3.47. The first-order valence-electron chi connectivity index (χ1n) is 7.99. The van der Waals surface area contributed by atoms with Crippen LogP contribution < -0.4 is 10.1 Å². The molecule has 132 valence electrons. The minimum absolute atomic E-state index is 0.0809. The number of hydrogen-bond acceptors (Lipinski definition) is 6. The molecule has 0 aliphatic rings. The first-order chi connectivity index (χ1) is 12.6. The Kier molecular flexibility index (Phi) is 5.03. The highest BCUT2D eigenvalue weighted by Gasteiger charge is 2.06. The van der Waals surface area contributed by atoms with Crippen molar-refractivity contribution in [1.82, 2.24) is 9.97 Å². The number of anilines is 1. The Morgan fingerprint density at radius 2 is 1.81 bits per heavy atom. The molecular formula is C20H19N3O3. The molecule has 0 saturated heterocycles. The Balaban J connectivity index is 1.73. The summed E-state index contributed by atoms with van der Waals surface area (Å²) in [5, 5.41) is 22.1. The van der Waals surface area contributed by atoms with Gasteiger partial charge in [0.2, 0.25) is 0 Å². The van der Waals surface area contributed by atoms with Crippen LogP contribution in [0.15, 0.2) is 61.1 Å². The molecule has 0 fully saturated rings. The van der Waals surface area contributed by atoms with E-state index in [2.05, 4.69) is 15.3 Å². The van der Waals surface area contributed by atoms with E-state index in [1.165, 1.54) is 7.11 Å². The SMILES string of the molecule is COc1cc(-c2cnc(N/C=C(\C)c3ccc(O)cc3)cn2)ccc1O. The second-order valence-electron chi connectivity index (χ2n) is 5.69. The topological polar surface area (TPSA) is 87.5 Å². The molecule has 0 atom stereocenters. The van der Waals surface area contributed by atoms with E-state index in [0.29, 0.717) is 17.3 Å². The number of ether oxygens (including phenoxy) is 1. The van der Waals surface area contributed by atoms with Gasteiger partial charge in [-0.1, -0.05) is 12.1 Å². The Morgan fingerprint density at radius 1 is 1.04 bits per heavy atom. The maximum Gasteiger partial charge on any atom is 0.161 e. The van der Waals surface area contributed by atoms with Crippen molar-refractivity contribution in [3.05, 3.63) is 66.6 Å². The van der Waals surface area contributed by atoms with Crippen LogP contribution >= 0.6 is 0 Å². The van der Waals surface area contributed by atoms with Crippen molar-refractivity contribution in [2.75, 3.05) is 12.4 Å². The maximum atomic E-state index is 9.67. The molecule has 3 aromatic rings. The summed E-state index contributed by atoms with van der Waals surface area (Å²) >= 11 is 0. The van der Waals surface area contributed by atoms with Gasteiger partial charge in [-0.15, -0.1) is 0 Å². The van der Waals surface area contributed by atoms with E-state index in [9.17, 15) is 10.2 Å². The molecule has 0 unspecified atom stereocenters. The van der Waals surface area contributed by atoms with Gasteiger partial charge in [-0.05, 0) is 48.4 Å². The third-order valence-electron chi connectivity index (χ3n) is 3.89. The fourth-order valence-corrected chi connectivity index (χ4v) is 2.38. The Morgan fingerprint density at radius 3 is 2.46 bits per heavy atom. The molecule has 3 N–H and O–H groups in total. The Bertz CT molecular complexity index is 920. The molecule has 6 nitrogen and oxygen atoms in total. The van der Waals surface area contributed by atoms with Crippen molar-refractivity contribution >= 4 is 11.4 Å². The smallest absolute Gasteiger partial charge is 0.161 e. The van der Waals surface area contributed by atoms with Gasteiger partial charge in [-0.25, -0.2) is 4.98 Å². The highest BCUT2D eigenvalue weighted by atomic mass is 16.5. The average molecular weight is 349 g/mol. The maximum absolute atomic E-state index is 9.67. The van der Waals surface area contributed by atoms with Crippen LogP contribution in [0.5, 0.6) is 17.2 Å². The van der Waals surface area contributed by atoms with Crippen LogP contribution in [0, 0.1) is 0 Å². The minimum atomic E-state index is 0.0809. The van der Waals surface area contributed by atoms with Crippen LogP contribution in [-0.4, -0.2) is 27.3 Å². The molecule has 1 aromatic heterocycles. The molecule has 0 spiro atoms.